The molecule has 0 aliphatic carbocycles. The first-order chi connectivity index (χ1) is 8.72. The van der Waals surface area contributed by atoms with E-state index in [2.05, 4.69) is 15.0 Å². The lowest BCUT2D eigenvalue weighted by Gasteiger charge is -2.06. The summed E-state index contributed by atoms with van der Waals surface area (Å²) in [5, 5.41) is 9.09. The molecule has 0 spiro atoms. The molecule has 92 valence electrons. The van der Waals surface area contributed by atoms with Crippen molar-refractivity contribution in [3.63, 3.8) is 0 Å². The molecule has 1 N–H and O–H groups in total. The van der Waals surface area contributed by atoms with Gasteiger partial charge in [0.25, 0.3) is 0 Å². The molecular weight excluding hydrogens is 230 g/mol. The summed E-state index contributed by atoms with van der Waals surface area (Å²) >= 11 is 0. The van der Waals surface area contributed by atoms with E-state index in [1.807, 2.05) is 6.92 Å². The molecule has 0 aliphatic rings. The first-order valence-electron chi connectivity index (χ1n) is 5.72. The number of nitrogens with zero attached hydrogens (tertiary/aromatic N) is 3. The summed E-state index contributed by atoms with van der Waals surface area (Å²) in [6.07, 6.45) is 6.26. The summed E-state index contributed by atoms with van der Waals surface area (Å²) in [5.74, 6) is -0.948. The second-order valence-corrected chi connectivity index (χ2v) is 3.84. The lowest BCUT2D eigenvalue weighted by atomic mass is 10.1. The summed E-state index contributed by atoms with van der Waals surface area (Å²) in [6.45, 7) is 1.99. The van der Waals surface area contributed by atoms with Crippen molar-refractivity contribution in [3.8, 4) is 11.4 Å². The number of pyridine rings is 1. The third-order valence-electron chi connectivity index (χ3n) is 2.52. The van der Waals surface area contributed by atoms with E-state index in [-0.39, 0.29) is 5.56 Å². The zero-order valence-corrected chi connectivity index (χ0v) is 10.00. The standard InChI is InChI=1S/C13H13N3O2/c1-2-3-10-9(13(17)18)4-5-11(16-10)12-8-14-6-7-15-12/h4-8H,2-3H2,1H3,(H,17,18). The highest BCUT2D eigenvalue weighted by Crippen LogP contribution is 2.17. The van der Waals surface area contributed by atoms with Gasteiger partial charge < -0.3 is 5.11 Å². The van der Waals surface area contributed by atoms with Crippen molar-refractivity contribution in [2.24, 2.45) is 0 Å². The smallest absolute Gasteiger partial charge is 0.337 e. The Kier molecular flexibility index (Phi) is 3.62. The molecule has 0 saturated carbocycles. The van der Waals surface area contributed by atoms with Crippen molar-refractivity contribution in [1.29, 1.82) is 0 Å². The quantitative estimate of drug-likeness (QED) is 0.890. The predicted molar refractivity (Wildman–Crippen MR) is 66.2 cm³/mol. The molecule has 2 heterocycles. The largest absolute Gasteiger partial charge is 0.478 e. The highest BCUT2D eigenvalue weighted by atomic mass is 16.4. The molecule has 0 atom stereocenters. The molecule has 0 unspecified atom stereocenters. The average Bonchev–Trinajstić information content (AvgIpc) is 2.40. The van der Waals surface area contributed by atoms with E-state index in [1.165, 1.54) is 0 Å². The van der Waals surface area contributed by atoms with Crippen molar-refractivity contribution < 1.29 is 9.90 Å². The minimum absolute atomic E-state index is 0.254. The van der Waals surface area contributed by atoms with Crippen LogP contribution in [0.2, 0.25) is 0 Å². The van der Waals surface area contributed by atoms with Crippen LogP contribution in [0.4, 0.5) is 0 Å². The summed E-state index contributed by atoms with van der Waals surface area (Å²) in [5.41, 5.74) is 2.14. The Labute approximate surface area is 105 Å². The predicted octanol–water partition coefficient (Wildman–Crippen LogP) is 2.19. The number of carboxylic acid groups (broad SMARTS) is 1. The molecule has 0 amide bonds. The van der Waals surface area contributed by atoms with Crippen LogP contribution in [0.5, 0.6) is 0 Å². The second kappa shape index (κ2) is 5.35. The zero-order chi connectivity index (χ0) is 13.0. The van der Waals surface area contributed by atoms with Gasteiger partial charge in [0, 0.05) is 12.4 Å². The monoisotopic (exact) mass is 243 g/mol. The van der Waals surface area contributed by atoms with Crippen LogP contribution in [0, 0.1) is 0 Å². The molecule has 18 heavy (non-hydrogen) atoms. The van der Waals surface area contributed by atoms with Crippen molar-refractivity contribution in [3.05, 3.63) is 42.0 Å². The number of aromatic carboxylic acids is 1. The molecule has 0 saturated heterocycles. The molecule has 2 aromatic heterocycles. The second-order valence-electron chi connectivity index (χ2n) is 3.84. The maximum absolute atomic E-state index is 11.1. The van der Waals surface area contributed by atoms with Crippen molar-refractivity contribution in [2.45, 2.75) is 19.8 Å². The average molecular weight is 243 g/mol. The Hall–Kier alpha value is -2.30. The van der Waals surface area contributed by atoms with Gasteiger partial charge in [-0.2, -0.15) is 0 Å². The number of hydrogen-bond donors (Lipinski definition) is 1. The van der Waals surface area contributed by atoms with Gasteiger partial charge >= 0.3 is 5.97 Å². The van der Waals surface area contributed by atoms with E-state index in [1.54, 1.807) is 30.7 Å². The minimum atomic E-state index is -0.948. The Bertz CT molecular complexity index is 555. The SMILES string of the molecule is CCCc1nc(-c2cnccn2)ccc1C(=O)O. The van der Waals surface area contributed by atoms with E-state index in [9.17, 15) is 4.79 Å². The maximum atomic E-state index is 11.1. The summed E-state index contributed by atoms with van der Waals surface area (Å²) in [4.78, 5) is 23.6. The van der Waals surface area contributed by atoms with Crippen LogP contribution in [0.15, 0.2) is 30.7 Å². The third kappa shape index (κ3) is 2.51. The number of aryl methyl sites for hydroxylation is 1. The third-order valence-corrected chi connectivity index (χ3v) is 2.52. The molecule has 5 heteroatoms. The normalized spacial score (nSPS) is 10.3. The van der Waals surface area contributed by atoms with Crippen LogP contribution < -0.4 is 0 Å². The minimum Gasteiger partial charge on any atom is -0.478 e. The summed E-state index contributed by atoms with van der Waals surface area (Å²) in [7, 11) is 0. The van der Waals surface area contributed by atoms with Crippen LogP contribution in [-0.4, -0.2) is 26.0 Å². The van der Waals surface area contributed by atoms with Crippen molar-refractivity contribution in [1.82, 2.24) is 15.0 Å². The van der Waals surface area contributed by atoms with Gasteiger partial charge in [0.2, 0.25) is 0 Å². The molecule has 0 aliphatic heterocycles. The van der Waals surface area contributed by atoms with Crippen LogP contribution in [0.25, 0.3) is 11.4 Å². The van der Waals surface area contributed by atoms with Crippen molar-refractivity contribution >= 4 is 5.97 Å². The van der Waals surface area contributed by atoms with Crippen LogP contribution in [0.1, 0.15) is 29.4 Å². The van der Waals surface area contributed by atoms with Gasteiger partial charge in [-0.25, -0.2) is 4.79 Å². The molecule has 0 bridgehead atoms. The fourth-order valence-corrected chi connectivity index (χ4v) is 1.70. The van der Waals surface area contributed by atoms with E-state index in [4.69, 9.17) is 5.11 Å². The van der Waals surface area contributed by atoms with Gasteiger partial charge in [-0.1, -0.05) is 13.3 Å². The molecule has 0 fully saturated rings. The lowest BCUT2D eigenvalue weighted by Crippen LogP contribution is -2.06. The number of rotatable bonds is 4. The first-order valence-corrected chi connectivity index (χ1v) is 5.72. The molecule has 2 rings (SSSR count). The summed E-state index contributed by atoms with van der Waals surface area (Å²) in [6, 6.07) is 3.23. The van der Waals surface area contributed by atoms with E-state index < -0.39 is 5.97 Å². The van der Waals surface area contributed by atoms with Crippen molar-refractivity contribution in [2.75, 3.05) is 0 Å². The first kappa shape index (κ1) is 12.2. The van der Waals surface area contributed by atoms with Gasteiger partial charge in [0.05, 0.1) is 23.1 Å². The molecule has 2 aromatic rings. The highest BCUT2D eigenvalue weighted by Gasteiger charge is 2.12. The van der Waals surface area contributed by atoms with Gasteiger partial charge in [-0.3, -0.25) is 15.0 Å². The van der Waals surface area contributed by atoms with E-state index in [0.29, 0.717) is 23.5 Å². The maximum Gasteiger partial charge on any atom is 0.337 e. The number of carbonyl (C=O) groups is 1. The summed E-state index contributed by atoms with van der Waals surface area (Å²) < 4.78 is 0. The van der Waals surface area contributed by atoms with Gasteiger partial charge in [0.1, 0.15) is 5.69 Å². The lowest BCUT2D eigenvalue weighted by molar-refractivity contribution is 0.0695. The number of carboxylic acids is 1. The van der Waals surface area contributed by atoms with Gasteiger partial charge in [-0.05, 0) is 18.6 Å². The Morgan fingerprint density at radius 3 is 2.72 bits per heavy atom. The van der Waals surface area contributed by atoms with Crippen LogP contribution in [0.3, 0.4) is 0 Å². The van der Waals surface area contributed by atoms with Crippen LogP contribution in [-0.2, 0) is 6.42 Å². The Morgan fingerprint density at radius 2 is 2.11 bits per heavy atom. The topological polar surface area (TPSA) is 76.0 Å². The number of hydrogen-bond acceptors (Lipinski definition) is 4. The van der Waals surface area contributed by atoms with Gasteiger partial charge in [0.15, 0.2) is 0 Å². The van der Waals surface area contributed by atoms with E-state index >= 15 is 0 Å². The Morgan fingerprint density at radius 1 is 1.28 bits per heavy atom. The molecular formula is C13H13N3O2. The van der Waals surface area contributed by atoms with Gasteiger partial charge in [-0.15, -0.1) is 0 Å². The molecule has 5 nitrogen and oxygen atoms in total. The fourth-order valence-electron chi connectivity index (χ4n) is 1.70. The molecule has 0 aromatic carbocycles. The Balaban J connectivity index is 2.46. The van der Waals surface area contributed by atoms with E-state index in [0.717, 1.165) is 6.42 Å². The highest BCUT2D eigenvalue weighted by molar-refractivity contribution is 5.89. The fraction of sp³-hybridized carbons (Fsp3) is 0.231. The number of aromatic nitrogens is 3. The molecule has 0 radical (unpaired) electrons. The van der Waals surface area contributed by atoms with Crippen LogP contribution >= 0.6 is 0 Å². The zero-order valence-electron chi connectivity index (χ0n) is 10.00.